The first-order valence-electron chi connectivity index (χ1n) is 5.48. The lowest BCUT2D eigenvalue weighted by atomic mass is 10.0. The summed E-state index contributed by atoms with van der Waals surface area (Å²) in [6.07, 6.45) is -3.54. The van der Waals surface area contributed by atoms with Crippen LogP contribution >= 0.6 is 12.4 Å². The van der Waals surface area contributed by atoms with Gasteiger partial charge in [-0.05, 0) is 17.7 Å². The topological polar surface area (TPSA) is 42.5 Å². The van der Waals surface area contributed by atoms with Gasteiger partial charge in [0.05, 0.1) is 0 Å². The molecule has 0 saturated carbocycles. The monoisotopic (exact) mass is 278 g/mol. The van der Waals surface area contributed by atoms with Crippen molar-refractivity contribution in [2.24, 2.45) is 0 Å². The van der Waals surface area contributed by atoms with Crippen molar-refractivity contribution in [3.63, 3.8) is 0 Å². The van der Waals surface area contributed by atoms with Crippen molar-refractivity contribution in [1.29, 1.82) is 0 Å². The van der Waals surface area contributed by atoms with Crippen LogP contribution < -0.4 is 20.1 Å². The molecule has 100 valence electrons. The van der Waals surface area contributed by atoms with Gasteiger partial charge in [-0.15, -0.1) is 21.2 Å². The Balaban J connectivity index is 0.00000120. The lowest BCUT2D eigenvalue weighted by Crippen LogP contribution is -2.42. The zero-order valence-electron chi connectivity index (χ0n) is 9.41. The van der Waals surface area contributed by atoms with Crippen molar-refractivity contribution in [2.75, 3.05) is 19.6 Å². The van der Waals surface area contributed by atoms with E-state index < -0.39 is 6.29 Å². The highest BCUT2D eigenvalue weighted by atomic mass is 35.5. The van der Waals surface area contributed by atoms with E-state index in [9.17, 15) is 8.78 Å². The average Bonchev–Trinajstić information content (AvgIpc) is 2.63. The fourth-order valence-corrected chi connectivity index (χ4v) is 2.07. The highest BCUT2D eigenvalue weighted by molar-refractivity contribution is 5.85. The van der Waals surface area contributed by atoms with Crippen molar-refractivity contribution >= 4 is 12.4 Å². The summed E-state index contributed by atoms with van der Waals surface area (Å²) in [6, 6.07) is 5.00. The number of alkyl halides is 2. The Bertz CT molecular complexity index is 439. The van der Waals surface area contributed by atoms with Crippen molar-refractivity contribution in [3.05, 3.63) is 23.8 Å². The smallest absolute Gasteiger partial charge is 0.395 e. The number of fused-ring (bicyclic) bond motifs is 1. The van der Waals surface area contributed by atoms with Gasteiger partial charge in [-0.1, -0.05) is 6.07 Å². The van der Waals surface area contributed by atoms with Crippen molar-refractivity contribution in [1.82, 2.24) is 10.6 Å². The molecule has 0 radical (unpaired) electrons. The van der Waals surface area contributed by atoms with Gasteiger partial charge in [-0.3, -0.25) is 0 Å². The van der Waals surface area contributed by atoms with Crippen LogP contribution in [0.15, 0.2) is 18.2 Å². The molecular weight excluding hydrogens is 266 g/mol. The minimum Gasteiger partial charge on any atom is -0.395 e. The fraction of sp³-hybridized carbons (Fsp3) is 0.455. The summed E-state index contributed by atoms with van der Waals surface area (Å²) < 4.78 is 34.4. The van der Waals surface area contributed by atoms with Gasteiger partial charge in [0.25, 0.3) is 0 Å². The molecule has 2 aliphatic rings. The molecule has 18 heavy (non-hydrogen) atoms. The molecular formula is C11H13ClF2N2O2. The normalized spacial score (nSPS) is 24.4. The predicted octanol–water partition coefficient (Wildman–Crippen LogP) is 1.66. The molecule has 0 aromatic heterocycles. The van der Waals surface area contributed by atoms with E-state index in [1.807, 2.05) is 0 Å². The SMILES string of the molecule is Cl.FC1(F)Oc2ccc([C@H]3CNCCN3)cc2O1. The Hall–Kier alpha value is -1.11. The molecule has 2 aliphatic heterocycles. The fourth-order valence-electron chi connectivity index (χ4n) is 2.07. The molecule has 1 atom stereocenters. The highest BCUT2D eigenvalue weighted by Gasteiger charge is 2.43. The summed E-state index contributed by atoms with van der Waals surface area (Å²) in [7, 11) is 0. The van der Waals surface area contributed by atoms with E-state index in [4.69, 9.17) is 0 Å². The van der Waals surface area contributed by atoms with E-state index >= 15 is 0 Å². The second-order valence-electron chi connectivity index (χ2n) is 4.08. The number of ether oxygens (including phenoxy) is 2. The first-order valence-corrected chi connectivity index (χ1v) is 5.48. The first kappa shape index (κ1) is 13.3. The number of hydrogen-bond donors (Lipinski definition) is 2. The van der Waals surface area contributed by atoms with Gasteiger partial charge in [-0.2, -0.15) is 0 Å². The molecule has 0 amide bonds. The van der Waals surface area contributed by atoms with Gasteiger partial charge in [0.1, 0.15) is 0 Å². The maximum atomic E-state index is 12.8. The van der Waals surface area contributed by atoms with Crippen LogP contribution in [0.25, 0.3) is 0 Å². The summed E-state index contributed by atoms with van der Waals surface area (Å²) in [5, 5.41) is 6.54. The van der Waals surface area contributed by atoms with E-state index in [-0.39, 0.29) is 29.9 Å². The third-order valence-electron chi connectivity index (χ3n) is 2.87. The maximum absolute atomic E-state index is 12.8. The van der Waals surface area contributed by atoms with E-state index in [1.54, 1.807) is 12.1 Å². The minimum absolute atomic E-state index is 0. The molecule has 0 unspecified atom stereocenters. The van der Waals surface area contributed by atoms with Crippen LogP contribution in [0.4, 0.5) is 8.78 Å². The first-order chi connectivity index (χ1) is 8.14. The van der Waals surface area contributed by atoms with Gasteiger partial charge in [-0.25, -0.2) is 0 Å². The summed E-state index contributed by atoms with van der Waals surface area (Å²) in [5.74, 6) is 0.183. The van der Waals surface area contributed by atoms with Crippen molar-refractivity contribution in [2.45, 2.75) is 12.3 Å². The number of piperazine rings is 1. The number of halogens is 3. The standard InChI is InChI=1S/C11H12F2N2O2.ClH/c12-11(13)16-9-2-1-7(5-10(9)17-11)8-6-14-3-4-15-8;/h1-2,5,8,14-15H,3-4,6H2;1H/t8-;/m1./s1. The number of hydrogen-bond acceptors (Lipinski definition) is 4. The van der Waals surface area contributed by atoms with Gasteiger partial charge < -0.3 is 20.1 Å². The molecule has 1 saturated heterocycles. The van der Waals surface area contributed by atoms with Gasteiger partial charge >= 0.3 is 6.29 Å². The van der Waals surface area contributed by atoms with E-state index in [2.05, 4.69) is 20.1 Å². The molecule has 1 aromatic carbocycles. The molecule has 4 nitrogen and oxygen atoms in total. The zero-order chi connectivity index (χ0) is 11.9. The molecule has 7 heteroatoms. The van der Waals surface area contributed by atoms with Crippen molar-refractivity contribution < 1.29 is 18.3 Å². The van der Waals surface area contributed by atoms with E-state index in [1.165, 1.54) is 6.07 Å². The molecule has 3 rings (SSSR count). The lowest BCUT2D eigenvalue weighted by Gasteiger charge is -2.24. The van der Waals surface area contributed by atoms with Crippen LogP contribution in [0, 0.1) is 0 Å². The predicted molar refractivity (Wildman–Crippen MR) is 63.5 cm³/mol. The summed E-state index contributed by atoms with van der Waals surface area (Å²) in [6.45, 7) is 2.55. The highest BCUT2D eigenvalue weighted by Crippen LogP contribution is 2.41. The van der Waals surface area contributed by atoms with Crippen molar-refractivity contribution in [3.8, 4) is 11.5 Å². The number of rotatable bonds is 1. The summed E-state index contributed by atoms with van der Waals surface area (Å²) in [4.78, 5) is 0. The molecule has 1 aromatic rings. The third-order valence-corrected chi connectivity index (χ3v) is 2.87. The van der Waals surface area contributed by atoms with Crippen LogP contribution in [0.3, 0.4) is 0 Å². The molecule has 2 heterocycles. The lowest BCUT2D eigenvalue weighted by molar-refractivity contribution is -0.286. The van der Waals surface area contributed by atoms with Crippen LogP contribution in [0.2, 0.25) is 0 Å². The van der Waals surface area contributed by atoms with Crippen LogP contribution in [0.5, 0.6) is 11.5 Å². The molecule has 1 fully saturated rings. The Morgan fingerprint density at radius 3 is 2.67 bits per heavy atom. The summed E-state index contributed by atoms with van der Waals surface area (Å²) >= 11 is 0. The Morgan fingerprint density at radius 1 is 1.17 bits per heavy atom. The molecule has 2 N–H and O–H groups in total. The Labute approximate surface area is 109 Å². The minimum atomic E-state index is -3.54. The van der Waals surface area contributed by atoms with E-state index in [0.717, 1.165) is 25.2 Å². The van der Waals surface area contributed by atoms with Gasteiger partial charge in [0.2, 0.25) is 0 Å². The molecule has 0 spiro atoms. The second-order valence-corrected chi connectivity index (χ2v) is 4.08. The summed E-state index contributed by atoms with van der Waals surface area (Å²) in [5.41, 5.74) is 0.914. The third kappa shape index (κ3) is 2.50. The van der Waals surface area contributed by atoms with Crippen LogP contribution in [-0.2, 0) is 0 Å². The van der Waals surface area contributed by atoms with Crippen LogP contribution in [0.1, 0.15) is 11.6 Å². The Morgan fingerprint density at radius 2 is 1.94 bits per heavy atom. The molecule has 0 bridgehead atoms. The second kappa shape index (κ2) is 4.87. The largest absolute Gasteiger partial charge is 0.586 e. The average molecular weight is 279 g/mol. The van der Waals surface area contributed by atoms with E-state index in [0.29, 0.717) is 0 Å². The Kier molecular flexibility index (Phi) is 3.61. The number of nitrogens with one attached hydrogen (secondary N) is 2. The van der Waals surface area contributed by atoms with Crippen LogP contribution in [-0.4, -0.2) is 25.9 Å². The zero-order valence-corrected chi connectivity index (χ0v) is 10.2. The molecule has 0 aliphatic carbocycles. The van der Waals surface area contributed by atoms with Gasteiger partial charge in [0.15, 0.2) is 11.5 Å². The quantitative estimate of drug-likeness (QED) is 0.820. The number of benzene rings is 1. The van der Waals surface area contributed by atoms with Gasteiger partial charge in [0, 0.05) is 25.7 Å². The maximum Gasteiger partial charge on any atom is 0.586 e.